The summed E-state index contributed by atoms with van der Waals surface area (Å²) in [7, 11) is 0. The van der Waals surface area contributed by atoms with Crippen LogP contribution in [0.5, 0.6) is 0 Å². The van der Waals surface area contributed by atoms with Crippen molar-refractivity contribution in [3.05, 3.63) is 11.8 Å². The van der Waals surface area contributed by atoms with Crippen LogP contribution in [0.3, 0.4) is 0 Å². The van der Waals surface area contributed by atoms with Crippen molar-refractivity contribution in [2.24, 2.45) is 17.1 Å². The molecule has 4 N–H and O–H groups in total. The Morgan fingerprint density at radius 2 is 2.05 bits per heavy atom. The molecule has 0 aliphatic heterocycles. The first-order chi connectivity index (χ1) is 9.88. The average Bonchev–Trinajstić information content (AvgIpc) is 3.05. The molecule has 0 aromatic heterocycles. The number of hydrogen-bond acceptors (Lipinski definition) is 4. The van der Waals surface area contributed by atoms with Gasteiger partial charge >= 0.3 is 5.97 Å². The molecule has 1 rings (SSSR count). The molecule has 5 nitrogen and oxygen atoms in total. The first-order valence-corrected chi connectivity index (χ1v) is 8.56. The van der Waals surface area contributed by atoms with E-state index < -0.39 is 5.97 Å². The highest BCUT2D eigenvalue weighted by atomic mass is 32.2. The van der Waals surface area contributed by atoms with E-state index >= 15 is 0 Å². The van der Waals surface area contributed by atoms with Gasteiger partial charge in [-0.15, -0.1) is 0 Å². The molecule has 0 spiro atoms. The number of thioether (sulfide) groups is 1. The summed E-state index contributed by atoms with van der Waals surface area (Å²) < 4.78 is 0. The van der Waals surface area contributed by atoms with E-state index in [-0.39, 0.29) is 22.9 Å². The molecule has 120 valence electrons. The SMILES string of the molecule is CC1(C)CC1C(=O)N/C(=C/CCCCSCCN)C(=O)O. The normalized spacial score (nSPS) is 20.1. The van der Waals surface area contributed by atoms with E-state index in [9.17, 15) is 9.59 Å². The molecule has 21 heavy (non-hydrogen) atoms. The molecule has 1 unspecified atom stereocenters. The maximum Gasteiger partial charge on any atom is 0.352 e. The Morgan fingerprint density at radius 1 is 1.38 bits per heavy atom. The third kappa shape index (κ3) is 6.52. The van der Waals surface area contributed by atoms with Crippen molar-refractivity contribution in [2.45, 2.75) is 39.5 Å². The van der Waals surface area contributed by atoms with Gasteiger partial charge in [-0.25, -0.2) is 4.79 Å². The molecule has 0 saturated heterocycles. The topological polar surface area (TPSA) is 92.4 Å². The summed E-state index contributed by atoms with van der Waals surface area (Å²) >= 11 is 1.81. The first kappa shape index (κ1) is 18.0. The highest BCUT2D eigenvalue weighted by Crippen LogP contribution is 2.51. The van der Waals surface area contributed by atoms with Gasteiger partial charge in [0.05, 0.1) is 0 Å². The summed E-state index contributed by atoms with van der Waals surface area (Å²) in [6.45, 7) is 4.72. The number of nitrogens with two attached hydrogens (primary N) is 1. The zero-order valence-corrected chi connectivity index (χ0v) is 13.7. The zero-order valence-electron chi connectivity index (χ0n) is 12.9. The molecule has 1 aliphatic carbocycles. The van der Waals surface area contributed by atoms with E-state index in [1.807, 2.05) is 25.6 Å². The highest BCUT2D eigenvalue weighted by Gasteiger charge is 2.50. The van der Waals surface area contributed by atoms with Crippen molar-refractivity contribution < 1.29 is 14.7 Å². The van der Waals surface area contributed by atoms with Gasteiger partial charge in [0.15, 0.2) is 0 Å². The molecular formula is C15H26N2O3S. The zero-order chi connectivity index (χ0) is 15.9. The molecule has 6 heteroatoms. The van der Waals surface area contributed by atoms with Crippen LogP contribution in [0.4, 0.5) is 0 Å². The van der Waals surface area contributed by atoms with Crippen LogP contribution in [0, 0.1) is 11.3 Å². The minimum Gasteiger partial charge on any atom is -0.477 e. The molecule has 0 aromatic carbocycles. The van der Waals surface area contributed by atoms with Crippen LogP contribution in [-0.2, 0) is 9.59 Å². The van der Waals surface area contributed by atoms with E-state index in [4.69, 9.17) is 10.8 Å². The van der Waals surface area contributed by atoms with Crippen molar-refractivity contribution in [1.82, 2.24) is 5.32 Å². The Hall–Kier alpha value is -1.01. The quantitative estimate of drug-likeness (QED) is 0.423. The smallest absolute Gasteiger partial charge is 0.352 e. The Morgan fingerprint density at radius 3 is 2.57 bits per heavy atom. The number of unbranched alkanes of at least 4 members (excludes halogenated alkanes) is 2. The van der Waals surface area contributed by atoms with Crippen LogP contribution in [0.25, 0.3) is 0 Å². The molecule has 1 atom stereocenters. The minimum absolute atomic E-state index is 0.00785. The lowest BCUT2D eigenvalue weighted by Gasteiger charge is -2.07. The Labute approximate surface area is 130 Å². The van der Waals surface area contributed by atoms with E-state index in [1.54, 1.807) is 6.08 Å². The molecule has 1 amide bonds. The van der Waals surface area contributed by atoms with Crippen molar-refractivity contribution in [3.8, 4) is 0 Å². The number of rotatable bonds is 10. The van der Waals surface area contributed by atoms with Gasteiger partial charge < -0.3 is 16.2 Å². The second-order valence-electron chi connectivity index (χ2n) is 6.05. The van der Waals surface area contributed by atoms with Gasteiger partial charge in [-0.3, -0.25) is 4.79 Å². The summed E-state index contributed by atoms with van der Waals surface area (Å²) in [6.07, 6.45) is 5.04. The summed E-state index contributed by atoms with van der Waals surface area (Å²) in [5, 5.41) is 11.7. The first-order valence-electron chi connectivity index (χ1n) is 7.40. The van der Waals surface area contributed by atoms with E-state index in [2.05, 4.69) is 5.32 Å². The van der Waals surface area contributed by atoms with Gasteiger partial charge in [-0.05, 0) is 36.9 Å². The lowest BCUT2D eigenvalue weighted by Crippen LogP contribution is -2.29. The van der Waals surface area contributed by atoms with Crippen LogP contribution < -0.4 is 11.1 Å². The molecular weight excluding hydrogens is 288 g/mol. The van der Waals surface area contributed by atoms with Crippen LogP contribution in [0.2, 0.25) is 0 Å². The van der Waals surface area contributed by atoms with E-state index in [0.717, 1.165) is 30.8 Å². The van der Waals surface area contributed by atoms with Crippen LogP contribution in [-0.4, -0.2) is 35.0 Å². The summed E-state index contributed by atoms with van der Waals surface area (Å²) in [4.78, 5) is 23.1. The number of amides is 1. The average molecular weight is 314 g/mol. The van der Waals surface area contributed by atoms with Crippen molar-refractivity contribution in [3.63, 3.8) is 0 Å². The molecule has 1 aliphatic rings. The maximum atomic E-state index is 11.9. The molecule has 0 aromatic rings. The monoisotopic (exact) mass is 314 g/mol. The Balaban J connectivity index is 2.31. The van der Waals surface area contributed by atoms with Crippen molar-refractivity contribution in [2.75, 3.05) is 18.1 Å². The lowest BCUT2D eigenvalue weighted by molar-refractivity contribution is -0.135. The second-order valence-corrected chi connectivity index (χ2v) is 7.28. The Bertz CT molecular complexity index is 408. The van der Waals surface area contributed by atoms with Gasteiger partial charge in [0.1, 0.15) is 5.70 Å². The number of aliphatic carboxylic acids is 1. The van der Waals surface area contributed by atoms with Crippen LogP contribution in [0.1, 0.15) is 39.5 Å². The van der Waals surface area contributed by atoms with E-state index in [0.29, 0.717) is 13.0 Å². The summed E-state index contributed by atoms with van der Waals surface area (Å²) in [5.74, 6) is 0.693. The van der Waals surface area contributed by atoms with Crippen LogP contribution in [0.15, 0.2) is 11.8 Å². The molecule has 1 saturated carbocycles. The number of carbonyl (C=O) groups excluding carboxylic acids is 1. The predicted octanol–water partition coefficient (Wildman–Crippen LogP) is 1.98. The van der Waals surface area contributed by atoms with Gasteiger partial charge in [-0.1, -0.05) is 19.9 Å². The third-order valence-electron chi connectivity index (χ3n) is 3.67. The number of carboxylic acids is 1. The summed E-state index contributed by atoms with van der Waals surface area (Å²) in [5.41, 5.74) is 5.42. The van der Waals surface area contributed by atoms with Crippen molar-refractivity contribution in [1.29, 1.82) is 0 Å². The van der Waals surface area contributed by atoms with Gasteiger partial charge in [0.2, 0.25) is 5.91 Å². The van der Waals surface area contributed by atoms with Gasteiger partial charge in [0, 0.05) is 18.2 Å². The fourth-order valence-corrected chi connectivity index (χ4v) is 2.89. The molecule has 0 heterocycles. The standard InChI is InChI=1S/C15H26N2O3S/c1-15(2)10-11(15)13(18)17-12(14(19)20)6-4-3-5-8-21-9-7-16/h6,11H,3-5,7-10,16H2,1-2H3,(H,17,18)(H,19,20)/b12-6+. The highest BCUT2D eigenvalue weighted by molar-refractivity contribution is 7.99. The largest absolute Gasteiger partial charge is 0.477 e. The third-order valence-corrected chi connectivity index (χ3v) is 4.77. The number of allylic oxidation sites excluding steroid dienone is 1. The Kier molecular flexibility index (Phi) is 7.25. The summed E-state index contributed by atoms with van der Waals surface area (Å²) in [6, 6.07) is 0. The van der Waals surface area contributed by atoms with Gasteiger partial charge in [-0.2, -0.15) is 11.8 Å². The molecule has 0 radical (unpaired) electrons. The second kappa shape index (κ2) is 8.44. The molecule has 1 fully saturated rings. The fourth-order valence-electron chi connectivity index (χ4n) is 2.11. The minimum atomic E-state index is -1.07. The van der Waals surface area contributed by atoms with Gasteiger partial charge in [0.25, 0.3) is 0 Å². The fraction of sp³-hybridized carbons (Fsp3) is 0.733. The maximum absolute atomic E-state index is 11.9. The van der Waals surface area contributed by atoms with E-state index in [1.165, 1.54) is 0 Å². The molecule has 0 bridgehead atoms. The van der Waals surface area contributed by atoms with Crippen molar-refractivity contribution >= 4 is 23.6 Å². The number of carboxylic acid groups (broad SMARTS) is 1. The predicted molar refractivity (Wildman–Crippen MR) is 86.0 cm³/mol. The number of carbonyl (C=O) groups is 2. The van der Waals surface area contributed by atoms with Crippen LogP contribution >= 0.6 is 11.8 Å². The number of nitrogens with one attached hydrogen (secondary N) is 1. The number of hydrogen-bond donors (Lipinski definition) is 3. The lowest BCUT2D eigenvalue weighted by atomic mass is 10.1.